The summed E-state index contributed by atoms with van der Waals surface area (Å²) in [4.78, 5) is 37.7. The van der Waals surface area contributed by atoms with Crippen LogP contribution in [0.4, 0.5) is 0 Å². The molecule has 0 saturated heterocycles. The molecule has 9 nitrogen and oxygen atoms in total. The molecule has 0 aliphatic carbocycles. The Morgan fingerprint density at radius 3 is 0.860 bits per heavy atom. The predicted octanol–water partition coefficient (Wildman–Crippen LogP) is 23.6. The number of carboxylic acid groups (broad SMARTS) is 1. The van der Waals surface area contributed by atoms with Crippen molar-refractivity contribution in [1.82, 2.24) is 0 Å². The number of likely N-dealkylation sites (N-methyl/N-ethyl adjacent to an activating group) is 1. The van der Waals surface area contributed by atoms with Crippen LogP contribution in [0, 0.1) is 0 Å². The monoisotopic (exact) mass is 1290 g/mol. The maximum absolute atomic E-state index is 13.0. The number of carbonyl (C=O) groups excluding carboxylic acids is 2. The molecule has 9 heteroatoms. The van der Waals surface area contributed by atoms with Gasteiger partial charge < -0.3 is 28.5 Å². The quantitative estimate of drug-likeness (QED) is 0.0211. The Morgan fingerprint density at radius 2 is 0.581 bits per heavy atom. The number of carbonyl (C=O) groups is 3. The first kappa shape index (κ1) is 87.4. The van der Waals surface area contributed by atoms with E-state index in [-0.39, 0.29) is 38.6 Å². The minimum Gasteiger partial charge on any atom is -0.477 e. The highest BCUT2D eigenvalue weighted by Gasteiger charge is 2.25. The molecule has 0 aromatic carbocycles. The minimum absolute atomic E-state index is 0.176. The van der Waals surface area contributed by atoms with Crippen LogP contribution in [0.2, 0.25) is 0 Å². The highest BCUT2D eigenvalue weighted by Crippen LogP contribution is 2.16. The summed E-state index contributed by atoms with van der Waals surface area (Å²) in [5, 5.41) is 9.76. The van der Waals surface area contributed by atoms with Crippen molar-refractivity contribution in [3.63, 3.8) is 0 Å². The van der Waals surface area contributed by atoms with Crippen molar-refractivity contribution >= 4 is 17.9 Å². The molecule has 524 valence electrons. The molecule has 0 spiro atoms. The molecule has 2 unspecified atom stereocenters. The van der Waals surface area contributed by atoms with Gasteiger partial charge in [-0.2, -0.15) is 0 Å². The van der Waals surface area contributed by atoms with E-state index in [2.05, 4.69) is 196 Å². The van der Waals surface area contributed by atoms with Crippen LogP contribution in [-0.4, -0.2) is 87.4 Å². The van der Waals surface area contributed by atoms with Gasteiger partial charge in [-0.15, -0.1) is 0 Å². The Labute approximate surface area is 570 Å². The van der Waals surface area contributed by atoms with Crippen molar-refractivity contribution in [3.8, 4) is 0 Å². The zero-order valence-corrected chi connectivity index (χ0v) is 59.8. The second-order valence-corrected chi connectivity index (χ2v) is 25.1. The average Bonchev–Trinajstić information content (AvgIpc) is 3.73. The van der Waals surface area contributed by atoms with Gasteiger partial charge in [0.25, 0.3) is 6.29 Å². The number of hydrogen-bond acceptors (Lipinski definition) is 7. The molecule has 1 N–H and O–H groups in total. The number of allylic oxidation sites excluding steroid dienone is 30. The molecule has 0 heterocycles. The summed E-state index contributed by atoms with van der Waals surface area (Å²) in [6.07, 6.45) is 107. The summed E-state index contributed by atoms with van der Waals surface area (Å²) in [5.41, 5.74) is 0. The first-order valence-corrected chi connectivity index (χ1v) is 36.9. The van der Waals surface area contributed by atoms with Crippen LogP contribution < -0.4 is 0 Å². The number of hydrogen-bond donors (Lipinski definition) is 1. The average molecular weight is 1290 g/mol. The number of nitrogens with zero attached hydrogens (tertiary/aromatic N) is 1. The SMILES string of the molecule is CC/C=C\C/C=C\C/C=C\C/C=C\C/C=C\C/C=C\C/C=C\C/C=C\C/C=C\C/C=C\CCCCCCCCC(=O)OC(COC(=O)CCCCCCCCCCCCCCCCC/C=C\C/C=C\C/C=C\C/C=C\C/C=C\CC)COC(OCC[N+](C)(C)C)C(=O)O. The number of quaternary nitrogens is 1. The summed E-state index contributed by atoms with van der Waals surface area (Å²) in [6, 6.07) is 0. The molecule has 93 heavy (non-hydrogen) atoms. The van der Waals surface area contributed by atoms with Crippen LogP contribution in [-0.2, 0) is 33.3 Å². The topological polar surface area (TPSA) is 108 Å². The van der Waals surface area contributed by atoms with Crippen molar-refractivity contribution in [1.29, 1.82) is 0 Å². The maximum atomic E-state index is 13.0. The third kappa shape index (κ3) is 73.7. The van der Waals surface area contributed by atoms with Gasteiger partial charge in [0.1, 0.15) is 13.2 Å². The van der Waals surface area contributed by atoms with Crippen molar-refractivity contribution in [2.45, 2.75) is 283 Å². The molecule has 0 aliphatic rings. The highest BCUT2D eigenvalue weighted by atomic mass is 16.7. The summed E-state index contributed by atoms with van der Waals surface area (Å²) in [6.45, 7) is 4.62. The summed E-state index contributed by atoms with van der Waals surface area (Å²) < 4.78 is 23.0. The Hall–Kier alpha value is -5.61. The van der Waals surface area contributed by atoms with Crippen molar-refractivity contribution < 1.29 is 42.9 Å². The van der Waals surface area contributed by atoms with Crippen LogP contribution in [0.25, 0.3) is 0 Å². The van der Waals surface area contributed by atoms with E-state index in [1.165, 1.54) is 83.5 Å². The largest absolute Gasteiger partial charge is 0.477 e. The molecule has 0 bridgehead atoms. The van der Waals surface area contributed by atoms with Gasteiger partial charge in [-0.1, -0.05) is 305 Å². The van der Waals surface area contributed by atoms with Gasteiger partial charge in [0.2, 0.25) is 0 Å². The Kier molecular flexibility index (Phi) is 67.9. The number of esters is 2. The molecule has 0 radical (unpaired) electrons. The molecule has 2 atom stereocenters. The maximum Gasteiger partial charge on any atom is 0.361 e. The van der Waals surface area contributed by atoms with Crippen LogP contribution in [0.1, 0.15) is 271 Å². The van der Waals surface area contributed by atoms with Crippen LogP contribution in [0.3, 0.4) is 0 Å². The lowest BCUT2D eigenvalue weighted by molar-refractivity contribution is -0.870. The first-order valence-electron chi connectivity index (χ1n) is 36.9. The number of aliphatic carboxylic acids is 1. The number of ether oxygens (including phenoxy) is 4. The molecule has 0 saturated carbocycles. The van der Waals surface area contributed by atoms with E-state index >= 15 is 0 Å². The van der Waals surface area contributed by atoms with E-state index in [0.29, 0.717) is 17.4 Å². The molecular formula is C84H136NO8+. The van der Waals surface area contributed by atoms with E-state index in [1.54, 1.807) is 0 Å². The first-order chi connectivity index (χ1) is 45.6. The lowest BCUT2D eigenvalue weighted by Crippen LogP contribution is -2.40. The predicted molar refractivity (Wildman–Crippen MR) is 400 cm³/mol. The second kappa shape index (κ2) is 72.2. The molecular weight excluding hydrogens is 1150 g/mol. The Balaban J connectivity index is 4.19. The van der Waals surface area contributed by atoms with Crippen molar-refractivity contribution in [3.05, 3.63) is 182 Å². The van der Waals surface area contributed by atoms with Gasteiger partial charge in [-0.05, 0) is 135 Å². The summed E-state index contributed by atoms with van der Waals surface area (Å²) >= 11 is 0. The Bertz CT molecular complexity index is 2190. The highest BCUT2D eigenvalue weighted by molar-refractivity contribution is 5.71. The lowest BCUT2D eigenvalue weighted by Gasteiger charge is -2.25. The van der Waals surface area contributed by atoms with Crippen LogP contribution in [0.5, 0.6) is 0 Å². The normalized spacial score (nSPS) is 13.8. The van der Waals surface area contributed by atoms with Gasteiger partial charge in [0, 0.05) is 12.8 Å². The molecule has 0 fully saturated rings. The fourth-order valence-corrected chi connectivity index (χ4v) is 9.60. The van der Waals surface area contributed by atoms with Crippen molar-refractivity contribution in [2.75, 3.05) is 47.5 Å². The van der Waals surface area contributed by atoms with Crippen molar-refractivity contribution in [2.24, 2.45) is 0 Å². The minimum atomic E-state index is -1.53. The standard InChI is InChI=1S/C84H135NO8/c1-6-8-10-12-14-16-18-20-22-24-26-28-30-32-34-36-38-39-40-41-42-43-45-47-49-51-53-55-57-59-61-63-65-67-69-71-73-75-82(87)93-80(79-92-84(83(88)89)90-77-76-85(3,4)5)78-91-81(86)74-72-70-68-66-64-62-60-58-56-54-52-50-48-46-44-37-35-33-31-29-27-25-23-21-19-17-15-13-11-9-7-2/h8-11,14-17,20-23,26-29,32-35,38-39,41-42,45,47,51,53,57,59,80,84H,6-7,12-13,18-19,24-25,30-31,36-37,40,43-44,46,48-50,52,54-56,58,60-79H2,1-5H3/p+1/b10-8-,11-9-,16-14-,17-15-,22-20-,23-21-,28-26-,29-27-,34-32-,35-33-,39-38-,42-41-,47-45-,53-51-,59-57-. The molecule has 0 amide bonds. The smallest absolute Gasteiger partial charge is 0.361 e. The van der Waals surface area contributed by atoms with E-state index < -0.39 is 24.3 Å². The summed E-state index contributed by atoms with van der Waals surface area (Å²) in [7, 11) is 5.96. The van der Waals surface area contributed by atoms with Gasteiger partial charge >= 0.3 is 17.9 Å². The third-order valence-corrected chi connectivity index (χ3v) is 15.2. The molecule has 0 aromatic heterocycles. The molecule has 0 aromatic rings. The third-order valence-electron chi connectivity index (χ3n) is 15.2. The van der Waals surface area contributed by atoms with Gasteiger partial charge in [0.05, 0.1) is 34.4 Å². The molecule has 0 aliphatic heterocycles. The zero-order valence-electron chi connectivity index (χ0n) is 59.8. The van der Waals surface area contributed by atoms with Gasteiger partial charge in [-0.3, -0.25) is 9.59 Å². The van der Waals surface area contributed by atoms with E-state index in [9.17, 15) is 19.5 Å². The number of carboxylic acids is 1. The number of unbranched alkanes of at least 4 members (excludes halogenated alkanes) is 21. The van der Waals surface area contributed by atoms with Crippen LogP contribution in [0.15, 0.2) is 182 Å². The number of rotatable bonds is 66. The lowest BCUT2D eigenvalue weighted by atomic mass is 10.0. The van der Waals surface area contributed by atoms with E-state index in [4.69, 9.17) is 18.9 Å². The fourth-order valence-electron chi connectivity index (χ4n) is 9.60. The Morgan fingerprint density at radius 1 is 0.323 bits per heavy atom. The molecule has 0 rings (SSSR count). The fraction of sp³-hybridized carbons (Fsp3) is 0.607. The van der Waals surface area contributed by atoms with Crippen LogP contribution >= 0.6 is 0 Å². The van der Waals surface area contributed by atoms with Gasteiger partial charge in [0.15, 0.2) is 6.10 Å². The second-order valence-electron chi connectivity index (χ2n) is 25.1. The summed E-state index contributed by atoms with van der Waals surface area (Å²) in [5.74, 6) is -2.04. The van der Waals surface area contributed by atoms with E-state index in [0.717, 1.165) is 154 Å². The van der Waals surface area contributed by atoms with Gasteiger partial charge in [-0.25, -0.2) is 4.79 Å². The zero-order chi connectivity index (χ0) is 67.5. The van der Waals surface area contributed by atoms with E-state index in [1.807, 2.05) is 21.1 Å².